The highest BCUT2D eigenvalue weighted by molar-refractivity contribution is 7.99. The lowest BCUT2D eigenvalue weighted by Crippen LogP contribution is -2.52. The molecule has 4 heteroatoms. The van der Waals surface area contributed by atoms with Crippen LogP contribution in [0.2, 0.25) is 0 Å². The van der Waals surface area contributed by atoms with E-state index in [1.807, 2.05) is 0 Å². The van der Waals surface area contributed by atoms with Gasteiger partial charge in [0.1, 0.15) is 0 Å². The molecule has 2 heterocycles. The maximum atomic E-state index is 10.6. The van der Waals surface area contributed by atoms with Gasteiger partial charge < -0.3 is 5.11 Å². The summed E-state index contributed by atoms with van der Waals surface area (Å²) in [4.78, 5) is 13.3. The molecular weight excluding hydrogens is 258 g/mol. The zero-order valence-electron chi connectivity index (χ0n) is 12.2. The molecule has 0 radical (unpaired) electrons. The molecule has 110 valence electrons. The van der Waals surface area contributed by atoms with Crippen LogP contribution in [0.3, 0.4) is 0 Å². The molecule has 0 aliphatic carbocycles. The van der Waals surface area contributed by atoms with Crippen molar-refractivity contribution in [3.05, 3.63) is 0 Å². The van der Waals surface area contributed by atoms with Crippen LogP contribution in [-0.2, 0) is 4.79 Å². The molecule has 2 aliphatic rings. The van der Waals surface area contributed by atoms with E-state index in [2.05, 4.69) is 30.5 Å². The Labute approximate surface area is 121 Å². The van der Waals surface area contributed by atoms with Gasteiger partial charge in [-0.3, -0.25) is 9.69 Å². The van der Waals surface area contributed by atoms with E-state index in [4.69, 9.17) is 5.11 Å². The van der Waals surface area contributed by atoms with E-state index < -0.39 is 5.97 Å². The summed E-state index contributed by atoms with van der Waals surface area (Å²) in [6.07, 6.45) is 4.90. The second kappa shape index (κ2) is 6.49. The molecule has 1 unspecified atom stereocenters. The lowest BCUT2D eigenvalue weighted by molar-refractivity contribution is -0.137. The van der Waals surface area contributed by atoms with Gasteiger partial charge in [-0.15, -0.1) is 0 Å². The molecule has 1 atom stereocenters. The number of likely N-dealkylation sites (tertiary alicyclic amines) is 1. The summed E-state index contributed by atoms with van der Waals surface area (Å²) in [5.74, 6) is 2.56. The predicted octanol–water partition coefficient (Wildman–Crippen LogP) is 3.09. The first kappa shape index (κ1) is 15.2. The minimum absolute atomic E-state index is 0.343. The first-order valence-electron chi connectivity index (χ1n) is 7.52. The Balaban J connectivity index is 1.80. The van der Waals surface area contributed by atoms with E-state index in [9.17, 15) is 4.79 Å². The van der Waals surface area contributed by atoms with Crippen molar-refractivity contribution in [3.8, 4) is 0 Å². The Bertz CT molecular complexity index is 311. The first-order valence-corrected chi connectivity index (χ1v) is 8.68. The Morgan fingerprint density at radius 1 is 1.37 bits per heavy atom. The van der Waals surface area contributed by atoms with Crippen LogP contribution < -0.4 is 0 Å². The molecule has 0 spiro atoms. The average molecular weight is 285 g/mol. The van der Waals surface area contributed by atoms with Crippen molar-refractivity contribution in [2.75, 3.05) is 24.6 Å². The van der Waals surface area contributed by atoms with Crippen LogP contribution in [0.25, 0.3) is 0 Å². The molecule has 0 saturated carbocycles. The molecule has 1 N–H and O–H groups in total. The van der Waals surface area contributed by atoms with E-state index in [1.165, 1.54) is 43.9 Å². The number of carbonyl (C=O) groups is 1. The fourth-order valence-corrected chi connectivity index (χ4v) is 5.13. The smallest absolute Gasteiger partial charge is 0.303 e. The lowest BCUT2D eigenvalue weighted by atomic mass is 9.80. The highest BCUT2D eigenvalue weighted by atomic mass is 32.2. The Kier molecular flexibility index (Phi) is 5.18. The van der Waals surface area contributed by atoms with E-state index in [-0.39, 0.29) is 0 Å². The van der Waals surface area contributed by atoms with Gasteiger partial charge in [-0.2, -0.15) is 11.8 Å². The van der Waals surface area contributed by atoms with Crippen molar-refractivity contribution in [2.45, 2.75) is 52.0 Å². The van der Waals surface area contributed by atoms with Crippen molar-refractivity contribution in [1.29, 1.82) is 0 Å². The molecule has 2 aliphatic heterocycles. The number of hydrogen-bond acceptors (Lipinski definition) is 3. The van der Waals surface area contributed by atoms with Crippen molar-refractivity contribution in [1.82, 2.24) is 4.90 Å². The van der Waals surface area contributed by atoms with Gasteiger partial charge in [0.25, 0.3) is 0 Å². The third kappa shape index (κ3) is 4.12. The van der Waals surface area contributed by atoms with Crippen LogP contribution in [-0.4, -0.2) is 46.6 Å². The molecule has 2 rings (SSSR count). The number of rotatable bonds is 4. The summed E-state index contributed by atoms with van der Waals surface area (Å²) in [5, 5.41) is 8.76. The van der Waals surface area contributed by atoms with E-state index in [0.717, 1.165) is 6.42 Å². The van der Waals surface area contributed by atoms with Crippen LogP contribution in [0.15, 0.2) is 0 Å². The summed E-state index contributed by atoms with van der Waals surface area (Å²) < 4.78 is 0. The molecular formula is C15H27NO2S. The Morgan fingerprint density at radius 2 is 2.05 bits per heavy atom. The SMILES string of the molecule is CC1(C)CCSCC1N1CCC(CCC(=O)O)CC1. The second-order valence-corrected chi connectivity index (χ2v) is 7.89. The maximum absolute atomic E-state index is 10.6. The van der Waals surface area contributed by atoms with Gasteiger partial charge in [-0.1, -0.05) is 13.8 Å². The normalized spacial score (nSPS) is 29.3. The monoisotopic (exact) mass is 285 g/mol. The van der Waals surface area contributed by atoms with Crippen LogP contribution in [0.5, 0.6) is 0 Å². The molecule has 0 aromatic rings. The molecule has 0 bridgehead atoms. The fraction of sp³-hybridized carbons (Fsp3) is 0.933. The Hall–Kier alpha value is -0.220. The maximum Gasteiger partial charge on any atom is 0.303 e. The van der Waals surface area contributed by atoms with Crippen molar-refractivity contribution < 1.29 is 9.90 Å². The molecule has 0 aromatic carbocycles. The first-order chi connectivity index (χ1) is 8.99. The summed E-state index contributed by atoms with van der Waals surface area (Å²) in [7, 11) is 0. The Morgan fingerprint density at radius 3 is 2.63 bits per heavy atom. The zero-order valence-corrected chi connectivity index (χ0v) is 13.0. The third-order valence-electron chi connectivity index (χ3n) is 4.92. The standard InChI is InChI=1S/C15H27NO2S/c1-15(2)7-10-19-11-13(15)16-8-5-12(6-9-16)3-4-14(17)18/h12-13H,3-11H2,1-2H3,(H,17,18). The van der Waals surface area contributed by atoms with Gasteiger partial charge in [0, 0.05) is 18.2 Å². The van der Waals surface area contributed by atoms with Gasteiger partial charge in [-0.25, -0.2) is 0 Å². The van der Waals surface area contributed by atoms with E-state index in [1.54, 1.807) is 0 Å². The van der Waals surface area contributed by atoms with Crippen molar-refractivity contribution >= 4 is 17.7 Å². The highest BCUT2D eigenvalue weighted by Gasteiger charge is 2.37. The van der Waals surface area contributed by atoms with Crippen LogP contribution in [0.4, 0.5) is 0 Å². The van der Waals surface area contributed by atoms with Crippen LogP contribution in [0, 0.1) is 11.3 Å². The molecule has 2 fully saturated rings. The number of hydrogen-bond donors (Lipinski definition) is 1. The van der Waals surface area contributed by atoms with Crippen LogP contribution in [0.1, 0.15) is 46.0 Å². The lowest BCUT2D eigenvalue weighted by Gasteiger charge is -2.47. The molecule has 3 nitrogen and oxygen atoms in total. The molecule has 0 aromatic heterocycles. The summed E-state index contributed by atoms with van der Waals surface area (Å²) in [5.41, 5.74) is 0.444. The van der Waals surface area contributed by atoms with Gasteiger partial charge in [0.2, 0.25) is 0 Å². The number of thioether (sulfide) groups is 1. The highest BCUT2D eigenvalue weighted by Crippen LogP contribution is 2.39. The minimum Gasteiger partial charge on any atom is -0.481 e. The quantitative estimate of drug-likeness (QED) is 0.861. The molecule has 0 amide bonds. The summed E-state index contributed by atoms with van der Waals surface area (Å²) in [6.45, 7) is 7.15. The minimum atomic E-state index is -0.646. The fourth-order valence-electron chi connectivity index (χ4n) is 3.40. The summed E-state index contributed by atoms with van der Waals surface area (Å²) >= 11 is 2.09. The summed E-state index contributed by atoms with van der Waals surface area (Å²) in [6, 6.07) is 0.715. The zero-order chi connectivity index (χ0) is 13.9. The predicted molar refractivity (Wildman–Crippen MR) is 80.7 cm³/mol. The number of aliphatic carboxylic acids is 1. The van der Waals surface area contributed by atoms with E-state index >= 15 is 0 Å². The van der Waals surface area contributed by atoms with Crippen molar-refractivity contribution in [2.24, 2.45) is 11.3 Å². The number of carboxylic acids is 1. The van der Waals surface area contributed by atoms with Gasteiger partial charge in [0.05, 0.1) is 0 Å². The van der Waals surface area contributed by atoms with Gasteiger partial charge in [-0.05, 0) is 55.9 Å². The number of carboxylic acid groups (broad SMARTS) is 1. The number of piperidine rings is 1. The topological polar surface area (TPSA) is 40.5 Å². The molecule has 2 saturated heterocycles. The third-order valence-corrected chi connectivity index (χ3v) is 5.97. The second-order valence-electron chi connectivity index (χ2n) is 6.74. The molecule has 19 heavy (non-hydrogen) atoms. The average Bonchev–Trinajstić information content (AvgIpc) is 2.37. The van der Waals surface area contributed by atoms with E-state index in [0.29, 0.717) is 23.8 Å². The number of nitrogens with zero attached hydrogens (tertiary/aromatic N) is 1. The van der Waals surface area contributed by atoms with Gasteiger partial charge in [0.15, 0.2) is 0 Å². The van der Waals surface area contributed by atoms with Gasteiger partial charge >= 0.3 is 5.97 Å². The van der Waals surface area contributed by atoms with Crippen LogP contribution >= 0.6 is 11.8 Å². The van der Waals surface area contributed by atoms with Crippen molar-refractivity contribution in [3.63, 3.8) is 0 Å². The largest absolute Gasteiger partial charge is 0.481 e.